The molecule has 3 nitrogen and oxygen atoms in total. The van der Waals surface area contributed by atoms with E-state index in [0.717, 1.165) is 16.7 Å². The van der Waals surface area contributed by atoms with Crippen molar-refractivity contribution in [1.82, 2.24) is 0 Å². The zero-order chi connectivity index (χ0) is 12.5. The third-order valence-corrected chi connectivity index (χ3v) is 3.14. The van der Waals surface area contributed by atoms with Gasteiger partial charge in [0, 0.05) is 18.1 Å². The van der Waals surface area contributed by atoms with Crippen LogP contribution in [0.4, 0.5) is 0 Å². The fourth-order valence-electron chi connectivity index (χ4n) is 1.93. The highest BCUT2D eigenvalue weighted by Gasteiger charge is 2.29. The molecule has 4 N–H and O–H groups in total. The number of aryl methyl sites for hydroxylation is 2. The van der Waals surface area contributed by atoms with Gasteiger partial charge in [0.2, 0.25) is 0 Å². The van der Waals surface area contributed by atoms with Crippen LogP contribution in [0.15, 0.2) is 12.1 Å². The Balaban J connectivity index is 3.24. The summed E-state index contributed by atoms with van der Waals surface area (Å²) in [5.74, 6) is 0.257. The molecule has 0 aliphatic heterocycles. The molecule has 0 saturated carbocycles. The van der Waals surface area contributed by atoms with Crippen molar-refractivity contribution < 1.29 is 10.2 Å². The van der Waals surface area contributed by atoms with Crippen LogP contribution in [0.25, 0.3) is 0 Å². The van der Waals surface area contributed by atoms with Gasteiger partial charge in [0.1, 0.15) is 5.75 Å². The molecule has 0 aliphatic rings. The first kappa shape index (κ1) is 13.0. The van der Waals surface area contributed by atoms with Crippen LogP contribution in [0.2, 0.25) is 0 Å². The normalized spacial score (nSPS) is 13.9. The summed E-state index contributed by atoms with van der Waals surface area (Å²) in [6.07, 6.45) is 0. The number of hydrogen-bond donors (Lipinski definition) is 3. The largest absolute Gasteiger partial charge is 0.508 e. The lowest BCUT2D eigenvalue weighted by atomic mass is 9.79. The minimum atomic E-state index is -0.369. The molecule has 90 valence electrons. The van der Waals surface area contributed by atoms with E-state index in [1.54, 1.807) is 12.1 Å². The monoisotopic (exact) mass is 223 g/mol. The van der Waals surface area contributed by atoms with Crippen molar-refractivity contribution >= 4 is 0 Å². The maximum atomic E-state index is 9.47. The molecule has 1 atom stereocenters. The van der Waals surface area contributed by atoms with Gasteiger partial charge in [0.05, 0.1) is 0 Å². The summed E-state index contributed by atoms with van der Waals surface area (Å²) in [5.41, 5.74) is 8.76. The van der Waals surface area contributed by atoms with Crippen LogP contribution in [0.1, 0.15) is 36.6 Å². The SMILES string of the molecule is Cc1cc(O)cc(C)c1[C@@H](N)C(C)(C)CO. The second-order valence-corrected chi connectivity index (χ2v) is 5.12. The summed E-state index contributed by atoms with van der Waals surface area (Å²) >= 11 is 0. The van der Waals surface area contributed by atoms with Crippen molar-refractivity contribution in [2.45, 2.75) is 33.7 Å². The van der Waals surface area contributed by atoms with E-state index in [4.69, 9.17) is 5.73 Å². The number of hydrogen-bond acceptors (Lipinski definition) is 3. The predicted octanol–water partition coefficient (Wildman–Crippen LogP) is 2.03. The molecule has 0 spiro atoms. The molecule has 0 saturated heterocycles. The van der Waals surface area contributed by atoms with Crippen LogP contribution in [0, 0.1) is 19.3 Å². The van der Waals surface area contributed by atoms with E-state index in [2.05, 4.69) is 0 Å². The highest BCUT2D eigenvalue weighted by Crippen LogP contribution is 2.35. The van der Waals surface area contributed by atoms with Gasteiger partial charge in [-0.05, 0) is 42.7 Å². The Kier molecular flexibility index (Phi) is 3.61. The molecule has 1 rings (SSSR count). The predicted molar refractivity (Wildman–Crippen MR) is 65.4 cm³/mol. The molecule has 0 amide bonds. The van der Waals surface area contributed by atoms with Crippen LogP contribution in [0.5, 0.6) is 5.75 Å². The second kappa shape index (κ2) is 4.44. The van der Waals surface area contributed by atoms with E-state index >= 15 is 0 Å². The molecule has 0 aromatic heterocycles. The highest BCUT2D eigenvalue weighted by molar-refractivity contribution is 5.42. The fraction of sp³-hybridized carbons (Fsp3) is 0.538. The van der Waals surface area contributed by atoms with Crippen LogP contribution < -0.4 is 5.73 Å². The van der Waals surface area contributed by atoms with Gasteiger partial charge in [-0.1, -0.05) is 13.8 Å². The molecule has 0 bridgehead atoms. The average molecular weight is 223 g/mol. The van der Waals surface area contributed by atoms with E-state index in [-0.39, 0.29) is 23.8 Å². The molecule has 0 heterocycles. The first-order valence-corrected chi connectivity index (χ1v) is 5.46. The summed E-state index contributed by atoms with van der Waals surface area (Å²) in [6, 6.07) is 3.17. The van der Waals surface area contributed by atoms with Crippen LogP contribution in [-0.4, -0.2) is 16.8 Å². The molecule has 0 radical (unpaired) electrons. The number of aromatic hydroxyl groups is 1. The van der Waals surface area contributed by atoms with Crippen molar-refractivity contribution in [1.29, 1.82) is 0 Å². The van der Waals surface area contributed by atoms with Gasteiger partial charge < -0.3 is 15.9 Å². The van der Waals surface area contributed by atoms with E-state index in [0.29, 0.717) is 0 Å². The van der Waals surface area contributed by atoms with Crippen LogP contribution >= 0.6 is 0 Å². The zero-order valence-corrected chi connectivity index (χ0v) is 10.4. The number of aliphatic hydroxyl groups is 1. The first-order chi connectivity index (χ1) is 7.29. The Hall–Kier alpha value is -1.06. The second-order valence-electron chi connectivity index (χ2n) is 5.12. The highest BCUT2D eigenvalue weighted by atomic mass is 16.3. The molecule has 0 fully saturated rings. The lowest BCUT2D eigenvalue weighted by Gasteiger charge is -2.32. The minimum absolute atomic E-state index is 0.0356. The van der Waals surface area contributed by atoms with Gasteiger partial charge in [0.15, 0.2) is 0 Å². The van der Waals surface area contributed by atoms with Gasteiger partial charge in [-0.3, -0.25) is 0 Å². The summed E-state index contributed by atoms with van der Waals surface area (Å²) in [4.78, 5) is 0. The summed E-state index contributed by atoms with van der Waals surface area (Å²) < 4.78 is 0. The van der Waals surface area contributed by atoms with Gasteiger partial charge in [-0.15, -0.1) is 0 Å². The summed E-state index contributed by atoms with van der Waals surface area (Å²) in [5, 5.41) is 18.8. The Morgan fingerprint density at radius 2 is 1.69 bits per heavy atom. The molecule has 3 heteroatoms. The maximum absolute atomic E-state index is 9.47. The third kappa shape index (κ3) is 2.36. The average Bonchev–Trinajstić information content (AvgIpc) is 2.15. The van der Waals surface area contributed by atoms with Crippen molar-refractivity contribution in [2.75, 3.05) is 6.61 Å². The molecular formula is C13H21NO2. The van der Waals surface area contributed by atoms with Crippen molar-refractivity contribution in [3.8, 4) is 5.75 Å². The first-order valence-electron chi connectivity index (χ1n) is 5.46. The van der Waals surface area contributed by atoms with E-state index in [1.807, 2.05) is 27.7 Å². The van der Waals surface area contributed by atoms with Gasteiger partial charge in [-0.25, -0.2) is 0 Å². The standard InChI is InChI=1S/C13H21NO2/c1-8-5-10(16)6-9(2)11(8)12(14)13(3,4)7-15/h5-6,12,15-16H,7,14H2,1-4H3/t12-/m1/s1. The zero-order valence-electron chi connectivity index (χ0n) is 10.4. The Labute approximate surface area is 96.9 Å². The van der Waals surface area contributed by atoms with Crippen molar-refractivity contribution in [3.63, 3.8) is 0 Å². The minimum Gasteiger partial charge on any atom is -0.508 e. The van der Waals surface area contributed by atoms with Gasteiger partial charge in [-0.2, -0.15) is 0 Å². The summed E-state index contributed by atoms with van der Waals surface area (Å²) in [7, 11) is 0. The number of phenols is 1. The number of aliphatic hydroxyl groups excluding tert-OH is 1. The van der Waals surface area contributed by atoms with Crippen molar-refractivity contribution in [3.05, 3.63) is 28.8 Å². The van der Waals surface area contributed by atoms with Gasteiger partial charge in [0.25, 0.3) is 0 Å². The number of phenolic OH excluding ortho intramolecular Hbond substituents is 1. The van der Waals surface area contributed by atoms with E-state index < -0.39 is 0 Å². The molecule has 0 unspecified atom stereocenters. The number of benzene rings is 1. The van der Waals surface area contributed by atoms with E-state index in [1.165, 1.54) is 0 Å². The molecule has 0 aliphatic carbocycles. The number of nitrogens with two attached hydrogens (primary N) is 1. The van der Waals surface area contributed by atoms with Gasteiger partial charge >= 0.3 is 0 Å². The lowest BCUT2D eigenvalue weighted by molar-refractivity contribution is 0.132. The smallest absolute Gasteiger partial charge is 0.116 e. The van der Waals surface area contributed by atoms with Crippen molar-refractivity contribution in [2.24, 2.45) is 11.1 Å². The topological polar surface area (TPSA) is 66.5 Å². The van der Waals surface area contributed by atoms with Crippen LogP contribution in [-0.2, 0) is 0 Å². The number of rotatable bonds is 3. The lowest BCUT2D eigenvalue weighted by Crippen LogP contribution is -2.33. The molecule has 16 heavy (non-hydrogen) atoms. The van der Waals surface area contributed by atoms with Crippen LogP contribution in [0.3, 0.4) is 0 Å². The Morgan fingerprint density at radius 3 is 2.06 bits per heavy atom. The van der Waals surface area contributed by atoms with E-state index in [9.17, 15) is 10.2 Å². The molecule has 1 aromatic carbocycles. The summed E-state index contributed by atoms with van der Waals surface area (Å²) in [6.45, 7) is 7.76. The maximum Gasteiger partial charge on any atom is 0.116 e. The molecular weight excluding hydrogens is 202 g/mol. The third-order valence-electron chi connectivity index (χ3n) is 3.14. The Bertz CT molecular complexity index is 363. The fourth-order valence-corrected chi connectivity index (χ4v) is 1.93. The Morgan fingerprint density at radius 1 is 1.25 bits per heavy atom. The quantitative estimate of drug-likeness (QED) is 0.734. The molecule has 1 aromatic rings.